The van der Waals surface area contributed by atoms with Crippen LogP contribution in [0.3, 0.4) is 0 Å². The van der Waals surface area contributed by atoms with Gasteiger partial charge >= 0.3 is 0 Å². The van der Waals surface area contributed by atoms with Gasteiger partial charge in [-0.2, -0.15) is 0 Å². The van der Waals surface area contributed by atoms with Crippen LogP contribution < -0.4 is 0 Å². The third-order valence-corrected chi connectivity index (χ3v) is 1.40. The van der Waals surface area contributed by atoms with Gasteiger partial charge in [0.1, 0.15) is 0 Å². The molecule has 0 spiro atoms. The van der Waals surface area contributed by atoms with Gasteiger partial charge in [0.05, 0.1) is 6.10 Å². The second-order valence-corrected chi connectivity index (χ2v) is 2.50. The van der Waals surface area contributed by atoms with Crippen LogP contribution in [0.15, 0.2) is 12.2 Å². The molecule has 0 saturated carbocycles. The lowest BCUT2D eigenvalue weighted by Gasteiger charge is -2.07. The van der Waals surface area contributed by atoms with E-state index in [1.165, 1.54) is 0 Å². The SMILES string of the molecule is C=C(C)[C@H](O)CCCC. The summed E-state index contributed by atoms with van der Waals surface area (Å²) in [6.07, 6.45) is 2.83. The van der Waals surface area contributed by atoms with Crippen LogP contribution in [0.4, 0.5) is 0 Å². The fourth-order valence-corrected chi connectivity index (χ4v) is 0.644. The van der Waals surface area contributed by atoms with E-state index in [4.69, 9.17) is 5.11 Å². The van der Waals surface area contributed by atoms with Gasteiger partial charge in [-0.25, -0.2) is 0 Å². The summed E-state index contributed by atoms with van der Waals surface area (Å²) in [5, 5.41) is 9.16. The number of aliphatic hydroxyl groups is 1. The van der Waals surface area contributed by atoms with Crippen molar-refractivity contribution in [2.24, 2.45) is 0 Å². The number of unbranched alkanes of at least 4 members (excludes halogenated alkanes) is 1. The summed E-state index contributed by atoms with van der Waals surface area (Å²) in [7, 11) is 0. The standard InChI is InChI=1S/C8H16O/c1-4-5-6-8(9)7(2)3/h8-9H,2,4-6H2,1,3H3/t8-/m1/s1. The molecule has 0 unspecified atom stereocenters. The Balaban J connectivity index is 3.27. The highest BCUT2D eigenvalue weighted by atomic mass is 16.3. The Morgan fingerprint density at radius 1 is 1.67 bits per heavy atom. The van der Waals surface area contributed by atoms with Crippen LogP contribution in [-0.4, -0.2) is 11.2 Å². The first-order valence-electron chi connectivity index (χ1n) is 3.52. The van der Waals surface area contributed by atoms with Gasteiger partial charge in [0.2, 0.25) is 0 Å². The Morgan fingerprint density at radius 2 is 2.22 bits per heavy atom. The zero-order valence-corrected chi connectivity index (χ0v) is 6.35. The topological polar surface area (TPSA) is 20.2 Å². The fourth-order valence-electron chi connectivity index (χ4n) is 0.644. The molecule has 0 aliphatic rings. The molecular formula is C8H16O. The zero-order chi connectivity index (χ0) is 7.28. The first kappa shape index (κ1) is 8.70. The molecule has 0 rings (SSSR count). The van der Waals surface area contributed by atoms with Gasteiger partial charge in [0, 0.05) is 0 Å². The summed E-state index contributed by atoms with van der Waals surface area (Å²) in [6.45, 7) is 7.64. The van der Waals surface area contributed by atoms with E-state index in [-0.39, 0.29) is 6.10 Å². The number of rotatable bonds is 4. The van der Waals surface area contributed by atoms with Gasteiger partial charge in [-0.3, -0.25) is 0 Å². The zero-order valence-electron chi connectivity index (χ0n) is 6.35. The lowest BCUT2D eigenvalue weighted by atomic mass is 10.1. The average Bonchev–Trinajstić information content (AvgIpc) is 1.82. The van der Waals surface area contributed by atoms with Gasteiger partial charge in [0.25, 0.3) is 0 Å². The molecule has 0 aliphatic carbocycles. The Bertz CT molecular complexity index is 86.6. The molecule has 0 amide bonds. The molecule has 0 aromatic rings. The van der Waals surface area contributed by atoms with E-state index in [1.54, 1.807) is 0 Å². The van der Waals surface area contributed by atoms with E-state index < -0.39 is 0 Å². The van der Waals surface area contributed by atoms with Crippen molar-refractivity contribution < 1.29 is 5.11 Å². The number of hydrogen-bond acceptors (Lipinski definition) is 1. The van der Waals surface area contributed by atoms with E-state index in [0.29, 0.717) is 0 Å². The average molecular weight is 128 g/mol. The van der Waals surface area contributed by atoms with Crippen LogP contribution in [0.1, 0.15) is 33.1 Å². The maximum Gasteiger partial charge on any atom is 0.0744 e. The van der Waals surface area contributed by atoms with Crippen molar-refractivity contribution in [1.29, 1.82) is 0 Å². The van der Waals surface area contributed by atoms with Crippen LogP contribution >= 0.6 is 0 Å². The summed E-state index contributed by atoms with van der Waals surface area (Å²) in [5.41, 5.74) is 0.878. The van der Waals surface area contributed by atoms with Gasteiger partial charge in [0.15, 0.2) is 0 Å². The predicted octanol–water partition coefficient (Wildman–Crippen LogP) is 2.11. The minimum absolute atomic E-state index is 0.273. The van der Waals surface area contributed by atoms with Gasteiger partial charge < -0.3 is 5.11 Å². The van der Waals surface area contributed by atoms with Crippen molar-refractivity contribution in [3.63, 3.8) is 0 Å². The first-order valence-corrected chi connectivity index (χ1v) is 3.52. The molecule has 9 heavy (non-hydrogen) atoms. The molecule has 54 valence electrons. The van der Waals surface area contributed by atoms with Crippen LogP contribution in [0, 0.1) is 0 Å². The molecule has 1 nitrogen and oxygen atoms in total. The van der Waals surface area contributed by atoms with Gasteiger partial charge in [-0.05, 0) is 13.3 Å². The molecule has 0 aromatic carbocycles. The lowest BCUT2D eigenvalue weighted by Crippen LogP contribution is -2.05. The highest BCUT2D eigenvalue weighted by Crippen LogP contribution is 2.06. The van der Waals surface area contributed by atoms with Crippen molar-refractivity contribution in [2.45, 2.75) is 39.2 Å². The van der Waals surface area contributed by atoms with Crippen LogP contribution in [0.5, 0.6) is 0 Å². The van der Waals surface area contributed by atoms with E-state index in [0.717, 1.165) is 24.8 Å². The van der Waals surface area contributed by atoms with E-state index in [9.17, 15) is 0 Å². The van der Waals surface area contributed by atoms with E-state index in [1.807, 2.05) is 6.92 Å². The Labute approximate surface area is 57.4 Å². The third kappa shape index (κ3) is 4.22. The molecule has 0 radical (unpaired) electrons. The number of hydrogen-bond donors (Lipinski definition) is 1. The fraction of sp³-hybridized carbons (Fsp3) is 0.750. The molecule has 0 fully saturated rings. The van der Waals surface area contributed by atoms with Gasteiger partial charge in [-0.1, -0.05) is 31.9 Å². The molecule has 0 heterocycles. The van der Waals surface area contributed by atoms with E-state index in [2.05, 4.69) is 13.5 Å². The molecule has 0 saturated heterocycles. The quantitative estimate of drug-likeness (QED) is 0.575. The molecule has 0 aromatic heterocycles. The second-order valence-electron chi connectivity index (χ2n) is 2.50. The highest BCUT2D eigenvalue weighted by molar-refractivity contribution is 4.95. The number of aliphatic hydroxyl groups excluding tert-OH is 1. The Morgan fingerprint density at radius 3 is 2.56 bits per heavy atom. The second kappa shape index (κ2) is 4.57. The lowest BCUT2D eigenvalue weighted by molar-refractivity contribution is 0.197. The first-order chi connectivity index (χ1) is 4.18. The van der Waals surface area contributed by atoms with Gasteiger partial charge in [-0.15, -0.1) is 0 Å². The smallest absolute Gasteiger partial charge is 0.0744 e. The van der Waals surface area contributed by atoms with Crippen molar-refractivity contribution >= 4 is 0 Å². The summed E-state index contributed by atoms with van der Waals surface area (Å²) in [6, 6.07) is 0. The monoisotopic (exact) mass is 128 g/mol. The Kier molecular flexibility index (Phi) is 4.41. The molecule has 0 bridgehead atoms. The summed E-state index contributed by atoms with van der Waals surface area (Å²) in [4.78, 5) is 0. The predicted molar refractivity (Wildman–Crippen MR) is 40.3 cm³/mol. The minimum atomic E-state index is -0.273. The normalized spacial score (nSPS) is 13.2. The molecule has 1 N–H and O–H groups in total. The molecular weight excluding hydrogens is 112 g/mol. The third-order valence-electron chi connectivity index (χ3n) is 1.40. The van der Waals surface area contributed by atoms with Crippen LogP contribution in [-0.2, 0) is 0 Å². The summed E-state index contributed by atoms with van der Waals surface area (Å²) < 4.78 is 0. The summed E-state index contributed by atoms with van der Waals surface area (Å²) >= 11 is 0. The van der Waals surface area contributed by atoms with E-state index >= 15 is 0 Å². The Hall–Kier alpha value is -0.300. The minimum Gasteiger partial charge on any atom is -0.389 e. The maximum atomic E-state index is 9.16. The molecule has 0 aliphatic heterocycles. The molecule has 1 heteroatoms. The maximum absolute atomic E-state index is 9.16. The highest BCUT2D eigenvalue weighted by Gasteiger charge is 2.01. The largest absolute Gasteiger partial charge is 0.389 e. The van der Waals surface area contributed by atoms with Crippen LogP contribution in [0.25, 0.3) is 0 Å². The van der Waals surface area contributed by atoms with Crippen molar-refractivity contribution in [1.82, 2.24) is 0 Å². The molecule has 1 atom stereocenters. The van der Waals surface area contributed by atoms with Crippen molar-refractivity contribution in [3.05, 3.63) is 12.2 Å². The summed E-state index contributed by atoms with van der Waals surface area (Å²) in [5.74, 6) is 0. The van der Waals surface area contributed by atoms with Crippen LogP contribution in [0.2, 0.25) is 0 Å². The van der Waals surface area contributed by atoms with Crippen molar-refractivity contribution in [3.8, 4) is 0 Å². The van der Waals surface area contributed by atoms with Crippen molar-refractivity contribution in [2.75, 3.05) is 0 Å².